The van der Waals surface area contributed by atoms with Crippen LogP contribution >= 0.6 is 0 Å². The molecule has 0 bridgehead atoms. The highest BCUT2D eigenvalue weighted by atomic mass is 16.2. The molecule has 0 aliphatic carbocycles. The van der Waals surface area contributed by atoms with Crippen LogP contribution in [0, 0.1) is 11.8 Å². The Morgan fingerprint density at radius 3 is 2.39 bits per heavy atom. The molecule has 2 fully saturated rings. The fourth-order valence-corrected chi connectivity index (χ4v) is 5.06. The summed E-state index contributed by atoms with van der Waals surface area (Å²) in [6, 6.07) is 11.9. The molecule has 4 rings (SSSR count). The second-order valence-electron chi connectivity index (χ2n) is 9.15. The van der Waals surface area contributed by atoms with Gasteiger partial charge in [-0.25, -0.2) is 0 Å². The highest BCUT2D eigenvalue weighted by Gasteiger charge is 2.31. The third-order valence-corrected chi connectivity index (χ3v) is 7.18. The molecule has 0 spiro atoms. The van der Waals surface area contributed by atoms with Crippen LogP contribution in [0.1, 0.15) is 57.4 Å². The molecule has 3 heterocycles. The summed E-state index contributed by atoms with van der Waals surface area (Å²) in [7, 11) is 0. The highest BCUT2D eigenvalue weighted by Crippen LogP contribution is 2.32. The van der Waals surface area contributed by atoms with Gasteiger partial charge < -0.3 is 10.2 Å². The monoisotopic (exact) mass is 449 g/mol. The van der Waals surface area contributed by atoms with Gasteiger partial charge in [0.1, 0.15) is 0 Å². The average Bonchev–Trinajstić information content (AvgIpc) is 3.41. The first kappa shape index (κ1) is 23.4. The van der Waals surface area contributed by atoms with E-state index in [1.807, 2.05) is 23.1 Å². The van der Waals surface area contributed by atoms with Crippen LogP contribution in [0.3, 0.4) is 0 Å². The maximum absolute atomic E-state index is 13.3. The number of piperidine rings is 1. The number of nitrogens with one attached hydrogen (secondary N) is 1. The van der Waals surface area contributed by atoms with Crippen molar-refractivity contribution in [3.05, 3.63) is 48.2 Å². The van der Waals surface area contributed by atoms with Crippen LogP contribution in [0.2, 0.25) is 0 Å². The smallest absolute Gasteiger partial charge is 0.237 e. The number of hydrogen-bond donors (Lipinski definition) is 1. The van der Waals surface area contributed by atoms with Gasteiger partial charge in [-0.15, -0.1) is 5.10 Å². The van der Waals surface area contributed by atoms with Gasteiger partial charge in [0.05, 0.1) is 11.6 Å². The number of anilines is 2. The van der Waals surface area contributed by atoms with Gasteiger partial charge in [0.15, 0.2) is 5.82 Å². The summed E-state index contributed by atoms with van der Waals surface area (Å²) in [5.74, 6) is 1.46. The minimum absolute atomic E-state index is 0.0522. The van der Waals surface area contributed by atoms with Gasteiger partial charge in [0, 0.05) is 31.7 Å². The zero-order valence-corrected chi connectivity index (χ0v) is 19.7. The summed E-state index contributed by atoms with van der Waals surface area (Å²) >= 11 is 0. The van der Waals surface area contributed by atoms with Crippen molar-refractivity contribution in [2.45, 2.75) is 51.9 Å². The molecule has 2 amide bonds. The summed E-state index contributed by atoms with van der Waals surface area (Å²) in [5, 5.41) is 11.5. The summed E-state index contributed by atoms with van der Waals surface area (Å²) in [6.45, 7) is 7.39. The van der Waals surface area contributed by atoms with Crippen LogP contribution in [-0.4, -0.2) is 53.1 Å². The molecule has 1 aromatic carbocycles. The molecule has 2 aliphatic rings. The van der Waals surface area contributed by atoms with Gasteiger partial charge in [0.2, 0.25) is 11.8 Å². The fraction of sp³-hybridized carbons (Fsp3) is 0.538. The third kappa shape index (κ3) is 5.24. The van der Waals surface area contributed by atoms with E-state index in [0.29, 0.717) is 24.2 Å². The molecule has 0 radical (unpaired) electrons. The Morgan fingerprint density at radius 1 is 1.09 bits per heavy atom. The number of benzene rings is 1. The lowest BCUT2D eigenvalue weighted by atomic mass is 9.88. The van der Waals surface area contributed by atoms with E-state index >= 15 is 0 Å². The quantitative estimate of drug-likeness (QED) is 0.694. The van der Waals surface area contributed by atoms with Crippen LogP contribution in [0.5, 0.6) is 0 Å². The second kappa shape index (κ2) is 10.9. The normalized spacial score (nSPS) is 19.1. The van der Waals surface area contributed by atoms with Crippen LogP contribution in [0.15, 0.2) is 42.6 Å². The average molecular weight is 450 g/mol. The lowest BCUT2D eigenvalue weighted by molar-refractivity contribution is -0.136. The number of aromatic nitrogens is 2. The molecule has 176 valence electrons. The Balaban J connectivity index is 1.46. The number of rotatable bonds is 7. The molecule has 7 nitrogen and oxygen atoms in total. The lowest BCUT2D eigenvalue weighted by Crippen LogP contribution is -2.41. The first-order valence-electron chi connectivity index (χ1n) is 12.3. The molecule has 2 aromatic rings. The highest BCUT2D eigenvalue weighted by molar-refractivity contribution is 6.01. The van der Waals surface area contributed by atoms with Crippen LogP contribution in [-0.2, 0) is 9.59 Å². The summed E-state index contributed by atoms with van der Waals surface area (Å²) in [5.41, 5.74) is 2.08. The van der Waals surface area contributed by atoms with Crippen LogP contribution < -0.4 is 10.2 Å². The first-order chi connectivity index (χ1) is 16.1. The summed E-state index contributed by atoms with van der Waals surface area (Å²) in [6.07, 6.45) is 6.23. The van der Waals surface area contributed by atoms with Gasteiger partial charge in [-0.3, -0.25) is 14.5 Å². The van der Waals surface area contributed by atoms with E-state index in [2.05, 4.69) is 41.5 Å². The van der Waals surface area contributed by atoms with Crippen molar-refractivity contribution in [1.82, 2.24) is 20.4 Å². The summed E-state index contributed by atoms with van der Waals surface area (Å²) < 4.78 is 0. The van der Waals surface area contributed by atoms with Crippen LogP contribution in [0.25, 0.3) is 0 Å². The number of carbonyl (C=O) groups is 2. The van der Waals surface area contributed by atoms with Crippen molar-refractivity contribution < 1.29 is 9.59 Å². The van der Waals surface area contributed by atoms with E-state index in [1.54, 1.807) is 17.2 Å². The van der Waals surface area contributed by atoms with E-state index in [1.165, 1.54) is 5.56 Å². The van der Waals surface area contributed by atoms with Gasteiger partial charge in [-0.1, -0.05) is 26.0 Å². The zero-order valence-electron chi connectivity index (χ0n) is 19.7. The molecule has 1 N–H and O–H groups in total. The molecule has 2 saturated heterocycles. The number of carbonyl (C=O) groups excluding carboxylic acids is 2. The number of amides is 2. The molecule has 1 aromatic heterocycles. The summed E-state index contributed by atoms with van der Waals surface area (Å²) in [4.78, 5) is 29.8. The Labute approximate surface area is 196 Å². The minimum atomic E-state index is -0.0522. The molecule has 1 atom stereocenters. The maximum Gasteiger partial charge on any atom is 0.237 e. The van der Waals surface area contributed by atoms with E-state index in [-0.39, 0.29) is 17.7 Å². The fourth-order valence-electron chi connectivity index (χ4n) is 5.06. The predicted octanol–water partition coefficient (Wildman–Crippen LogP) is 3.89. The van der Waals surface area contributed by atoms with Crippen molar-refractivity contribution in [3.8, 4) is 0 Å². The van der Waals surface area contributed by atoms with E-state index in [0.717, 1.165) is 57.4 Å². The van der Waals surface area contributed by atoms with E-state index in [4.69, 9.17) is 0 Å². The van der Waals surface area contributed by atoms with Crippen molar-refractivity contribution in [1.29, 1.82) is 0 Å². The van der Waals surface area contributed by atoms with E-state index in [9.17, 15) is 9.59 Å². The Bertz CT molecular complexity index is 915. The van der Waals surface area contributed by atoms with Crippen LogP contribution in [0.4, 0.5) is 11.5 Å². The van der Waals surface area contributed by atoms with Gasteiger partial charge in [-0.05, 0) is 74.4 Å². The maximum atomic E-state index is 13.3. The first-order valence-corrected chi connectivity index (χ1v) is 12.3. The molecule has 2 aliphatic heterocycles. The van der Waals surface area contributed by atoms with Crippen molar-refractivity contribution in [2.24, 2.45) is 11.8 Å². The molecular weight excluding hydrogens is 414 g/mol. The standard InChI is InChI=1S/C26H35N5O2/c1-3-19(4-2)25(32)30-16-12-21(13-17-30)20-7-9-23(10-8-20)31(24-6-5-14-28-29-24)26(33)22-11-15-27-18-22/h5-10,14,19,21-22,27H,3-4,11-13,15-18H2,1-2H3/t22-/m0/s1. The number of likely N-dealkylation sites (tertiary alicyclic amines) is 1. The largest absolute Gasteiger partial charge is 0.342 e. The van der Waals surface area contributed by atoms with Crippen molar-refractivity contribution in [2.75, 3.05) is 31.1 Å². The Hall–Kier alpha value is -2.80. The molecular formula is C26H35N5O2. The van der Waals surface area contributed by atoms with Gasteiger partial charge in [0.25, 0.3) is 0 Å². The predicted molar refractivity (Wildman–Crippen MR) is 129 cm³/mol. The van der Waals surface area contributed by atoms with Gasteiger partial charge in [-0.2, -0.15) is 5.10 Å². The number of nitrogens with zero attached hydrogens (tertiary/aromatic N) is 4. The topological polar surface area (TPSA) is 78.4 Å². The van der Waals surface area contributed by atoms with Crippen molar-refractivity contribution in [3.63, 3.8) is 0 Å². The van der Waals surface area contributed by atoms with Crippen molar-refractivity contribution >= 4 is 23.3 Å². The SMILES string of the molecule is CCC(CC)C(=O)N1CCC(c2ccc(N(C(=O)[C@H]3CCNC3)c3cccnn3)cc2)CC1. The molecule has 0 saturated carbocycles. The van der Waals surface area contributed by atoms with E-state index < -0.39 is 0 Å². The lowest BCUT2D eigenvalue weighted by Gasteiger charge is -2.34. The number of hydrogen-bond acceptors (Lipinski definition) is 5. The molecule has 0 unspecified atom stereocenters. The molecule has 33 heavy (non-hydrogen) atoms. The molecule has 7 heteroatoms. The van der Waals surface area contributed by atoms with Gasteiger partial charge >= 0.3 is 0 Å². The zero-order chi connectivity index (χ0) is 23.2. The second-order valence-corrected chi connectivity index (χ2v) is 9.15. The Morgan fingerprint density at radius 2 is 1.82 bits per heavy atom. The third-order valence-electron chi connectivity index (χ3n) is 7.18. The Kier molecular flexibility index (Phi) is 7.70. The minimum Gasteiger partial charge on any atom is -0.342 e.